The van der Waals surface area contributed by atoms with Gasteiger partial charge in [0.2, 0.25) is 0 Å². The lowest BCUT2D eigenvalue weighted by Crippen LogP contribution is -2.36. The lowest BCUT2D eigenvalue weighted by Gasteiger charge is -2.30. The molecule has 0 atom stereocenters. The van der Waals surface area contributed by atoms with Crippen LogP contribution in [-0.2, 0) is 11.2 Å². The Morgan fingerprint density at radius 3 is 2.83 bits per heavy atom. The van der Waals surface area contributed by atoms with Crippen LogP contribution in [0.1, 0.15) is 31.2 Å². The van der Waals surface area contributed by atoms with Crippen molar-refractivity contribution >= 4 is 12.0 Å². The first kappa shape index (κ1) is 11.7. The maximum atomic E-state index is 13.3. The maximum Gasteiger partial charge on any atom is 0.127 e. The number of rotatable bonds is 3. The Morgan fingerprint density at radius 1 is 1.33 bits per heavy atom. The van der Waals surface area contributed by atoms with E-state index >= 15 is 0 Å². The van der Waals surface area contributed by atoms with Crippen molar-refractivity contribution in [2.75, 3.05) is 18.0 Å². The van der Waals surface area contributed by atoms with E-state index in [1.807, 2.05) is 6.07 Å². The number of hydrogen-bond donors (Lipinski definition) is 0. The summed E-state index contributed by atoms with van der Waals surface area (Å²) in [5, 5.41) is 0. The molecule has 1 aliphatic heterocycles. The van der Waals surface area contributed by atoms with E-state index in [0.29, 0.717) is 0 Å². The lowest BCUT2D eigenvalue weighted by molar-refractivity contribution is -0.115. The van der Waals surface area contributed by atoms with Gasteiger partial charge in [0.15, 0.2) is 0 Å². The van der Waals surface area contributed by atoms with Gasteiger partial charge in [-0.25, -0.2) is 4.39 Å². The van der Waals surface area contributed by atoms with Gasteiger partial charge in [-0.1, -0.05) is 18.9 Å². The summed E-state index contributed by atoms with van der Waals surface area (Å²) in [6.07, 6.45) is 6.35. The molecule has 0 amide bonds. The summed E-state index contributed by atoms with van der Waals surface area (Å²) in [7, 11) is 0. The van der Waals surface area contributed by atoms with Crippen LogP contribution in [0.15, 0.2) is 18.2 Å². The van der Waals surface area contributed by atoms with Gasteiger partial charge in [0.05, 0.1) is 0 Å². The zero-order valence-corrected chi connectivity index (χ0v) is 10.5. The molecule has 0 aromatic heterocycles. The molecule has 1 fully saturated rings. The number of aldehydes is 1. The fourth-order valence-electron chi connectivity index (χ4n) is 3.36. The summed E-state index contributed by atoms with van der Waals surface area (Å²) in [4.78, 5) is 13.6. The second-order valence-corrected chi connectivity index (χ2v) is 5.63. The quantitative estimate of drug-likeness (QED) is 0.765. The number of anilines is 1. The Bertz CT molecular complexity index is 466. The third-order valence-corrected chi connectivity index (χ3v) is 4.39. The topological polar surface area (TPSA) is 20.3 Å². The number of fused-ring (bicyclic) bond motifs is 1. The van der Waals surface area contributed by atoms with E-state index in [0.717, 1.165) is 57.2 Å². The highest BCUT2D eigenvalue weighted by Gasteiger charge is 2.36. The number of nitrogens with zero attached hydrogens (tertiary/aromatic N) is 1. The van der Waals surface area contributed by atoms with Crippen LogP contribution in [-0.4, -0.2) is 19.4 Å². The number of benzene rings is 1. The average molecular weight is 247 g/mol. The van der Waals surface area contributed by atoms with Crippen molar-refractivity contribution < 1.29 is 9.18 Å². The predicted octanol–water partition coefficient (Wildman–Crippen LogP) is 2.95. The molecule has 1 saturated carbocycles. The Hall–Kier alpha value is -1.38. The summed E-state index contributed by atoms with van der Waals surface area (Å²) in [5.41, 5.74) is 2.01. The van der Waals surface area contributed by atoms with Crippen LogP contribution in [0, 0.1) is 11.2 Å². The lowest BCUT2D eigenvalue weighted by atomic mass is 9.87. The molecule has 0 radical (unpaired) electrons. The summed E-state index contributed by atoms with van der Waals surface area (Å²) >= 11 is 0. The van der Waals surface area contributed by atoms with E-state index in [1.54, 1.807) is 6.07 Å². The molecule has 18 heavy (non-hydrogen) atoms. The van der Waals surface area contributed by atoms with Crippen LogP contribution in [0.2, 0.25) is 0 Å². The molecule has 2 nitrogen and oxygen atoms in total. The van der Waals surface area contributed by atoms with Crippen LogP contribution in [0.25, 0.3) is 0 Å². The number of carbonyl (C=O) groups excluding carboxylic acids is 1. The highest BCUT2D eigenvalue weighted by molar-refractivity contribution is 5.64. The van der Waals surface area contributed by atoms with Crippen LogP contribution in [0.4, 0.5) is 10.1 Å². The molecule has 96 valence electrons. The molecule has 0 saturated heterocycles. The van der Waals surface area contributed by atoms with Gasteiger partial charge in [-0.15, -0.1) is 0 Å². The third kappa shape index (κ3) is 1.92. The van der Waals surface area contributed by atoms with Crippen molar-refractivity contribution in [2.24, 2.45) is 5.41 Å². The Kier molecular flexibility index (Phi) is 2.84. The molecule has 3 heteroatoms. The molecule has 1 heterocycles. The van der Waals surface area contributed by atoms with E-state index in [-0.39, 0.29) is 11.2 Å². The summed E-state index contributed by atoms with van der Waals surface area (Å²) in [6.45, 7) is 1.67. The van der Waals surface area contributed by atoms with Gasteiger partial charge in [0.25, 0.3) is 0 Å². The largest absolute Gasteiger partial charge is 0.370 e. The molecule has 3 rings (SSSR count). The first-order valence-corrected chi connectivity index (χ1v) is 6.72. The van der Waals surface area contributed by atoms with E-state index in [1.165, 1.54) is 11.6 Å². The van der Waals surface area contributed by atoms with Crippen molar-refractivity contribution in [1.29, 1.82) is 0 Å². The number of hydrogen-bond acceptors (Lipinski definition) is 2. The molecular weight excluding hydrogens is 229 g/mol. The van der Waals surface area contributed by atoms with Gasteiger partial charge in [0, 0.05) is 24.2 Å². The van der Waals surface area contributed by atoms with Crippen molar-refractivity contribution in [3.05, 3.63) is 29.6 Å². The molecule has 0 spiro atoms. The number of carbonyl (C=O) groups is 1. The Balaban J connectivity index is 1.84. The second-order valence-electron chi connectivity index (χ2n) is 5.63. The van der Waals surface area contributed by atoms with Crippen LogP contribution in [0.3, 0.4) is 0 Å². The standard InChI is InChI=1S/C15H18FNO/c16-13-4-3-12-5-8-17(14(12)9-13)10-15(11-18)6-1-2-7-15/h3-4,9,11H,1-2,5-8,10H2. The van der Waals surface area contributed by atoms with E-state index in [9.17, 15) is 9.18 Å². The van der Waals surface area contributed by atoms with Crippen molar-refractivity contribution in [3.8, 4) is 0 Å². The van der Waals surface area contributed by atoms with Crippen molar-refractivity contribution in [3.63, 3.8) is 0 Å². The fraction of sp³-hybridized carbons (Fsp3) is 0.533. The van der Waals surface area contributed by atoms with Gasteiger partial charge < -0.3 is 9.69 Å². The van der Waals surface area contributed by atoms with Gasteiger partial charge in [-0.3, -0.25) is 0 Å². The van der Waals surface area contributed by atoms with Crippen molar-refractivity contribution in [1.82, 2.24) is 0 Å². The first-order valence-electron chi connectivity index (χ1n) is 6.72. The zero-order valence-electron chi connectivity index (χ0n) is 10.5. The predicted molar refractivity (Wildman–Crippen MR) is 69.3 cm³/mol. The molecule has 0 bridgehead atoms. The summed E-state index contributed by atoms with van der Waals surface area (Å²) in [6, 6.07) is 5.00. The van der Waals surface area contributed by atoms with E-state index < -0.39 is 0 Å². The van der Waals surface area contributed by atoms with Crippen LogP contribution in [0.5, 0.6) is 0 Å². The summed E-state index contributed by atoms with van der Waals surface area (Å²) in [5.74, 6) is -0.188. The Labute approximate surface area is 107 Å². The normalized spacial score (nSPS) is 21.1. The Morgan fingerprint density at radius 2 is 2.11 bits per heavy atom. The van der Waals surface area contributed by atoms with E-state index in [2.05, 4.69) is 4.90 Å². The zero-order chi connectivity index (χ0) is 12.6. The minimum absolute atomic E-state index is 0.187. The van der Waals surface area contributed by atoms with Gasteiger partial charge in [0.1, 0.15) is 12.1 Å². The molecule has 1 aromatic rings. The van der Waals surface area contributed by atoms with Crippen molar-refractivity contribution in [2.45, 2.75) is 32.1 Å². The van der Waals surface area contributed by atoms with Crippen LogP contribution < -0.4 is 4.90 Å². The molecule has 1 aromatic carbocycles. The van der Waals surface area contributed by atoms with Gasteiger partial charge in [-0.2, -0.15) is 0 Å². The fourth-order valence-corrected chi connectivity index (χ4v) is 3.36. The van der Waals surface area contributed by atoms with Gasteiger partial charge >= 0.3 is 0 Å². The second kappa shape index (κ2) is 4.38. The first-order chi connectivity index (χ1) is 8.72. The molecule has 2 aliphatic rings. The summed E-state index contributed by atoms with van der Waals surface area (Å²) < 4.78 is 13.3. The monoisotopic (exact) mass is 247 g/mol. The smallest absolute Gasteiger partial charge is 0.127 e. The molecular formula is C15H18FNO. The third-order valence-electron chi connectivity index (χ3n) is 4.39. The minimum Gasteiger partial charge on any atom is -0.370 e. The highest BCUT2D eigenvalue weighted by atomic mass is 19.1. The molecule has 0 unspecified atom stereocenters. The minimum atomic E-state index is -0.188. The van der Waals surface area contributed by atoms with Crippen LogP contribution >= 0.6 is 0 Å². The number of halogens is 1. The average Bonchev–Trinajstić information content (AvgIpc) is 2.98. The molecule has 0 N–H and O–H groups in total. The highest BCUT2D eigenvalue weighted by Crippen LogP contribution is 2.39. The molecule has 1 aliphatic carbocycles. The van der Waals surface area contributed by atoms with E-state index in [4.69, 9.17) is 0 Å². The SMILES string of the molecule is O=CC1(CN2CCc3ccc(F)cc32)CCCC1. The van der Waals surface area contributed by atoms with Gasteiger partial charge in [-0.05, 0) is 37.0 Å². The maximum absolute atomic E-state index is 13.3.